The van der Waals surface area contributed by atoms with E-state index in [4.69, 9.17) is 4.74 Å². The molecule has 1 aliphatic rings. The summed E-state index contributed by atoms with van der Waals surface area (Å²) in [4.78, 5) is 27.0. The SMILES string of the molecule is CCn1c(=O)cc(OCC(=O)N2CCC(Cc3ccccc3)CC2)c2ccccc21. The van der Waals surface area contributed by atoms with E-state index in [0.29, 0.717) is 18.2 Å². The predicted molar refractivity (Wildman–Crippen MR) is 119 cm³/mol. The number of hydrogen-bond donors (Lipinski definition) is 0. The monoisotopic (exact) mass is 404 g/mol. The molecule has 0 saturated carbocycles. The summed E-state index contributed by atoms with van der Waals surface area (Å²) in [5.74, 6) is 1.08. The third-order valence-corrected chi connectivity index (χ3v) is 5.98. The summed E-state index contributed by atoms with van der Waals surface area (Å²) in [6, 6.07) is 19.7. The number of amides is 1. The van der Waals surface area contributed by atoms with Crippen molar-refractivity contribution in [3.63, 3.8) is 0 Å². The summed E-state index contributed by atoms with van der Waals surface area (Å²) in [5, 5.41) is 0.855. The van der Waals surface area contributed by atoms with Crippen LogP contribution < -0.4 is 10.3 Å². The Morgan fingerprint density at radius 2 is 1.73 bits per heavy atom. The first-order chi connectivity index (χ1) is 14.7. The van der Waals surface area contributed by atoms with E-state index in [-0.39, 0.29) is 18.1 Å². The maximum atomic E-state index is 12.7. The number of pyridine rings is 1. The summed E-state index contributed by atoms with van der Waals surface area (Å²) in [7, 11) is 0. The number of nitrogens with zero attached hydrogens (tertiary/aromatic N) is 2. The van der Waals surface area contributed by atoms with Gasteiger partial charge in [0.2, 0.25) is 0 Å². The molecule has 30 heavy (non-hydrogen) atoms. The van der Waals surface area contributed by atoms with Crippen molar-refractivity contribution in [2.45, 2.75) is 32.7 Å². The number of aryl methyl sites for hydroxylation is 1. The molecule has 156 valence electrons. The lowest BCUT2D eigenvalue weighted by molar-refractivity contribution is -0.134. The maximum Gasteiger partial charge on any atom is 0.260 e. The van der Waals surface area contributed by atoms with Crippen LogP contribution in [0.4, 0.5) is 0 Å². The van der Waals surface area contributed by atoms with Gasteiger partial charge in [-0.05, 0) is 49.8 Å². The average Bonchev–Trinajstić information content (AvgIpc) is 2.78. The molecular weight excluding hydrogens is 376 g/mol. The van der Waals surface area contributed by atoms with Crippen molar-refractivity contribution in [2.75, 3.05) is 19.7 Å². The van der Waals surface area contributed by atoms with Gasteiger partial charge in [0.25, 0.3) is 11.5 Å². The van der Waals surface area contributed by atoms with Crippen LogP contribution in [0.15, 0.2) is 65.5 Å². The molecule has 2 heterocycles. The first kappa shape index (κ1) is 20.2. The molecule has 2 aromatic carbocycles. The Morgan fingerprint density at radius 1 is 1.03 bits per heavy atom. The normalized spacial score (nSPS) is 14.8. The van der Waals surface area contributed by atoms with Crippen LogP contribution >= 0.6 is 0 Å². The lowest BCUT2D eigenvalue weighted by Crippen LogP contribution is -2.41. The van der Waals surface area contributed by atoms with E-state index in [1.54, 1.807) is 4.57 Å². The fraction of sp³-hybridized carbons (Fsp3) is 0.360. The second-order valence-corrected chi connectivity index (χ2v) is 7.91. The zero-order chi connectivity index (χ0) is 20.9. The topological polar surface area (TPSA) is 51.5 Å². The molecule has 5 heteroatoms. The van der Waals surface area contributed by atoms with Crippen LogP contribution in [0.3, 0.4) is 0 Å². The van der Waals surface area contributed by atoms with Crippen LogP contribution in [-0.4, -0.2) is 35.1 Å². The number of piperidine rings is 1. The van der Waals surface area contributed by atoms with Gasteiger partial charge in [0.05, 0.1) is 5.52 Å². The van der Waals surface area contributed by atoms with Gasteiger partial charge in [-0.3, -0.25) is 9.59 Å². The summed E-state index contributed by atoms with van der Waals surface area (Å²) < 4.78 is 7.54. The minimum absolute atomic E-state index is 0.0167. The highest BCUT2D eigenvalue weighted by Crippen LogP contribution is 2.25. The zero-order valence-electron chi connectivity index (χ0n) is 17.4. The van der Waals surface area contributed by atoms with E-state index in [1.165, 1.54) is 11.6 Å². The van der Waals surface area contributed by atoms with Crippen LogP contribution in [-0.2, 0) is 17.8 Å². The van der Waals surface area contributed by atoms with Gasteiger partial charge in [-0.25, -0.2) is 0 Å². The van der Waals surface area contributed by atoms with Crippen LogP contribution in [0, 0.1) is 5.92 Å². The van der Waals surface area contributed by atoms with Gasteiger partial charge in [0, 0.05) is 31.1 Å². The summed E-state index contributed by atoms with van der Waals surface area (Å²) in [5.41, 5.74) is 2.08. The zero-order valence-corrected chi connectivity index (χ0v) is 17.4. The fourth-order valence-corrected chi connectivity index (χ4v) is 4.31. The molecule has 0 bridgehead atoms. The third kappa shape index (κ3) is 4.40. The van der Waals surface area contributed by atoms with Gasteiger partial charge < -0.3 is 14.2 Å². The quantitative estimate of drug-likeness (QED) is 0.626. The van der Waals surface area contributed by atoms with Crippen molar-refractivity contribution in [2.24, 2.45) is 5.92 Å². The number of ether oxygens (including phenoxy) is 1. The van der Waals surface area contributed by atoms with E-state index in [0.717, 1.165) is 43.3 Å². The Bertz CT molecular complexity index is 1070. The molecule has 5 nitrogen and oxygen atoms in total. The van der Waals surface area contributed by atoms with Crippen molar-refractivity contribution in [3.05, 3.63) is 76.6 Å². The number of hydrogen-bond acceptors (Lipinski definition) is 3. The number of aromatic nitrogens is 1. The van der Waals surface area contributed by atoms with Crippen molar-refractivity contribution in [3.8, 4) is 5.75 Å². The van der Waals surface area contributed by atoms with E-state index >= 15 is 0 Å². The van der Waals surface area contributed by atoms with Crippen molar-refractivity contribution >= 4 is 16.8 Å². The summed E-state index contributed by atoms with van der Waals surface area (Å²) >= 11 is 0. The number of carbonyl (C=O) groups is 1. The molecular formula is C25H28N2O3. The lowest BCUT2D eigenvalue weighted by atomic mass is 9.90. The standard InChI is InChI=1S/C25H28N2O3/c1-2-27-22-11-7-6-10-21(22)23(17-24(27)28)30-18-25(29)26-14-12-20(13-15-26)16-19-8-4-3-5-9-19/h3-11,17,20H,2,12-16,18H2,1H3. The van der Waals surface area contributed by atoms with Crippen molar-refractivity contribution in [1.82, 2.24) is 9.47 Å². The second kappa shape index (κ2) is 9.16. The number of likely N-dealkylation sites (tertiary alicyclic amines) is 1. The van der Waals surface area contributed by atoms with Crippen molar-refractivity contribution < 1.29 is 9.53 Å². The number of para-hydroxylation sites is 1. The van der Waals surface area contributed by atoms with Crippen LogP contribution in [0.25, 0.3) is 10.9 Å². The fourth-order valence-electron chi connectivity index (χ4n) is 4.31. The molecule has 0 N–H and O–H groups in total. The lowest BCUT2D eigenvalue weighted by Gasteiger charge is -2.32. The number of fused-ring (bicyclic) bond motifs is 1. The molecule has 0 unspecified atom stereocenters. The third-order valence-electron chi connectivity index (χ3n) is 5.98. The molecule has 1 saturated heterocycles. The Morgan fingerprint density at radius 3 is 2.47 bits per heavy atom. The van der Waals surface area contributed by atoms with E-state index < -0.39 is 0 Å². The molecule has 0 aliphatic carbocycles. The highest BCUT2D eigenvalue weighted by atomic mass is 16.5. The predicted octanol–water partition coefficient (Wildman–Crippen LogP) is 3.88. The average molecular weight is 405 g/mol. The smallest absolute Gasteiger partial charge is 0.260 e. The Kier molecular flexibility index (Phi) is 6.17. The molecule has 0 atom stereocenters. The van der Waals surface area contributed by atoms with Gasteiger partial charge in [0.15, 0.2) is 6.61 Å². The van der Waals surface area contributed by atoms with Gasteiger partial charge in [0.1, 0.15) is 5.75 Å². The minimum Gasteiger partial charge on any atom is -0.483 e. The highest BCUT2D eigenvalue weighted by Gasteiger charge is 2.23. The van der Waals surface area contributed by atoms with Gasteiger partial charge >= 0.3 is 0 Å². The van der Waals surface area contributed by atoms with Crippen molar-refractivity contribution in [1.29, 1.82) is 0 Å². The van der Waals surface area contributed by atoms with Crippen LogP contribution in [0.1, 0.15) is 25.3 Å². The molecule has 1 fully saturated rings. The number of carbonyl (C=O) groups excluding carboxylic acids is 1. The van der Waals surface area contributed by atoms with Gasteiger partial charge in [-0.1, -0.05) is 42.5 Å². The largest absolute Gasteiger partial charge is 0.483 e. The minimum atomic E-state index is -0.111. The maximum absolute atomic E-state index is 12.7. The number of benzene rings is 2. The Hall–Kier alpha value is -3.08. The van der Waals surface area contributed by atoms with E-state index in [9.17, 15) is 9.59 Å². The summed E-state index contributed by atoms with van der Waals surface area (Å²) in [6.07, 6.45) is 3.09. The van der Waals surface area contributed by atoms with E-state index in [2.05, 4.69) is 24.3 Å². The van der Waals surface area contributed by atoms with Gasteiger partial charge in [-0.15, -0.1) is 0 Å². The molecule has 0 spiro atoms. The first-order valence-electron chi connectivity index (χ1n) is 10.7. The molecule has 1 amide bonds. The molecule has 3 aromatic rings. The molecule has 4 rings (SSSR count). The first-order valence-corrected chi connectivity index (χ1v) is 10.7. The van der Waals surface area contributed by atoms with Gasteiger partial charge in [-0.2, -0.15) is 0 Å². The van der Waals surface area contributed by atoms with Crippen LogP contribution in [0.2, 0.25) is 0 Å². The Labute approximate surface area is 176 Å². The summed E-state index contributed by atoms with van der Waals surface area (Å²) in [6.45, 7) is 4.02. The molecule has 1 aliphatic heterocycles. The van der Waals surface area contributed by atoms with Crippen LogP contribution in [0.5, 0.6) is 5.75 Å². The van der Waals surface area contributed by atoms with E-state index in [1.807, 2.05) is 42.2 Å². The number of rotatable bonds is 6. The molecule has 1 aromatic heterocycles. The highest BCUT2D eigenvalue weighted by molar-refractivity contribution is 5.86. The Balaban J connectivity index is 1.36. The molecule has 0 radical (unpaired) electrons. The second-order valence-electron chi connectivity index (χ2n) is 7.91.